The number of benzene rings is 1. The molecule has 1 N–H and O–H groups in total. The van der Waals surface area contributed by atoms with Gasteiger partial charge in [0.1, 0.15) is 0 Å². The Bertz CT molecular complexity index is 516. The minimum atomic E-state index is 0. The van der Waals surface area contributed by atoms with Crippen LogP contribution in [0.4, 0.5) is 0 Å². The lowest BCUT2D eigenvalue weighted by molar-refractivity contribution is -0.131. The molecule has 1 aliphatic heterocycles. The van der Waals surface area contributed by atoms with Gasteiger partial charge < -0.3 is 10.2 Å². The van der Waals surface area contributed by atoms with Crippen molar-refractivity contribution in [1.82, 2.24) is 10.2 Å². The minimum Gasteiger partial charge on any atom is -0.343 e. The van der Waals surface area contributed by atoms with Gasteiger partial charge in [-0.3, -0.25) is 4.79 Å². The summed E-state index contributed by atoms with van der Waals surface area (Å²) < 4.78 is 1.09. The van der Waals surface area contributed by atoms with Crippen molar-refractivity contribution < 1.29 is 4.79 Å². The highest BCUT2D eigenvalue weighted by molar-refractivity contribution is 9.10. The van der Waals surface area contributed by atoms with Crippen LogP contribution in [-0.2, 0) is 4.79 Å². The molecule has 0 radical (unpaired) electrons. The maximum absolute atomic E-state index is 12.3. The Morgan fingerprint density at radius 1 is 1.17 bits per heavy atom. The Morgan fingerprint density at radius 2 is 1.83 bits per heavy atom. The van der Waals surface area contributed by atoms with Crippen LogP contribution in [0.2, 0.25) is 0 Å². The molecule has 0 bridgehead atoms. The predicted octanol–water partition coefficient (Wildman–Crippen LogP) is 4.34. The van der Waals surface area contributed by atoms with Crippen LogP contribution in [0, 0.1) is 5.92 Å². The fourth-order valence-electron chi connectivity index (χ4n) is 2.93. The fraction of sp³-hybridized carbons (Fsp3) is 0.611. The van der Waals surface area contributed by atoms with E-state index in [9.17, 15) is 4.79 Å². The number of carbonyl (C=O) groups is 1. The number of hydrogen-bond donors (Lipinski definition) is 1. The molecule has 0 aromatic heterocycles. The predicted molar refractivity (Wildman–Crippen MR) is 107 cm³/mol. The van der Waals surface area contributed by atoms with E-state index in [0.717, 1.165) is 42.1 Å². The van der Waals surface area contributed by atoms with E-state index < -0.39 is 0 Å². The van der Waals surface area contributed by atoms with Gasteiger partial charge >= 0.3 is 0 Å². The van der Waals surface area contributed by atoms with Crippen molar-refractivity contribution in [1.29, 1.82) is 0 Å². The molecule has 1 saturated heterocycles. The number of rotatable bonds is 7. The molecule has 3 rings (SSSR count). The molecule has 0 spiro atoms. The number of piperidine rings is 1. The third kappa shape index (κ3) is 6.58. The number of hydrogen-bond acceptors (Lipinski definition) is 3. The highest BCUT2D eigenvalue weighted by Gasteiger charge is 2.25. The Kier molecular flexibility index (Phi) is 8.41. The zero-order valence-corrected chi connectivity index (χ0v) is 17.1. The lowest BCUT2D eigenvalue weighted by Crippen LogP contribution is -2.45. The van der Waals surface area contributed by atoms with E-state index in [1.165, 1.54) is 24.3 Å². The second kappa shape index (κ2) is 10.0. The van der Waals surface area contributed by atoms with Crippen LogP contribution in [0.1, 0.15) is 32.1 Å². The van der Waals surface area contributed by atoms with Crippen LogP contribution in [0.25, 0.3) is 0 Å². The van der Waals surface area contributed by atoms with E-state index in [0.29, 0.717) is 18.4 Å². The largest absolute Gasteiger partial charge is 0.343 e. The molecule has 3 nitrogen and oxygen atoms in total. The highest BCUT2D eigenvalue weighted by atomic mass is 79.9. The summed E-state index contributed by atoms with van der Waals surface area (Å²) in [5, 5.41) is 3.67. The van der Waals surface area contributed by atoms with Gasteiger partial charge in [-0.25, -0.2) is 0 Å². The van der Waals surface area contributed by atoms with Crippen LogP contribution in [-0.4, -0.2) is 42.2 Å². The van der Waals surface area contributed by atoms with Gasteiger partial charge in [-0.2, -0.15) is 0 Å². The minimum absolute atomic E-state index is 0. The molecule has 1 aromatic rings. The van der Waals surface area contributed by atoms with Crippen LogP contribution in [0.5, 0.6) is 0 Å². The van der Waals surface area contributed by atoms with Crippen molar-refractivity contribution in [2.75, 3.05) is 25.4 Å². The number of nitrogens with zero attached hydrogens (tertiary/aromatic N) is 1. The summed E-state index contributed by atoms with van der Waals surface area (Å²) >= 11 is 5.20. The van der Waals surface area contributed by atoms with E-state index >= 15 is 0 Å². The van der Waals surface area contributed by atoms with Crippen molar-refractivity contribution in [3.63, 3.8) is 0 Å². The second-order valence-electron chi connectivity index (χ2n) is 6.56. The summed E-state index contributed by atoms with van der Waals surface area (Å²) in [5.74, 6) is 2.11. The molecular formula is C18H26BrClN2OS. The zero-order chi connectivity index (χ0) is 16.1. The van der Waals surface area contributed by atoms with Gasteiger partial charge in [0.15, 0.2) is 0 Å². The third-order valence-corrected chi connectivity index (χ3v) is 6.18. The SMILES string of the molecule is Cl.O=C(CCSc1ccc(Br)cc1)N1CCC(NCC2CC2)CC1. The number of carbonyl (C=O) groups excluding carboxylic acids is 1. The number of halogens is 2. The first-order valence-electron chi connectivity index (χ1n) is 8.60. The van der Waals surface area contributed by atoms with Gasteiger partial charge in [0.25, 0.3) is 0 Å². The van der Waals surface area contributed by atoms with Gasteiger partial charge in [0, 0.05) is 40.7 Å². The molecule has 0 atom stereocenters. The van der Waals surface area contributed by atoms with E-state index in [1.807, 2.05) is 12.1 Å². The van der Waals surface area contributed by atoms with Gasteiger partial charge in [0.2, 0.25) is 5.91 Å². The number of nitrogens with one attached hydrogen (secondary N) is 1. The van der Waals surface area contributed by atoms with Crippen molar-refractivity contribution in [3.05, 3.63) is 28.7 Å². The molecular weight excluding hydrogens is 408 g/mol. The van der Waals surface area contributed by atoms with Gasteiger partial charge in [-0.05, 0) is 62.4 Å². The number of amides is 1. The molecule has 1 heterocycles. The molecule has 1 amide bonds. The Hall–Kier alpha value is -0.230. The topological polar surface area (TPSA) is 32.3 Å². The summed E-state index contributed by atoms with van der Waals surface area (Å²) in [4.78, 5) is 15.6. The molecule has 24 heavy (non-hydrogen) atoms. The monoisotopic (exact) mass is 432 g/mol. The van der Waals surface area contributed by atoms with Gasteiger partial charge in [-0.15, -0.1) is 24.2 Å². The Morgan fingerprint density at radius 3 is 2.46 bits per heavy atom. The highest BCUT2D eigenvalue weighted by Crippen LogP contribution is 2.28. The Balaban J connectivity index is 0.00000208. The van der Waals surface area contributed by atoms with E-state index in [1.54, 1.807) is 11.8 Å². The summed E-state index contributed by atoms with van der Waals surface area (Å²) in [7, 11) is 0. The summed E-state index contributed by atoms with van der Waals surface area (Å²) in [6.07, 6.45) is 5.66. The smallest absolute Gasteiger partial charge is 0.223 e. The van der Waals surface area contributed by atoms with Crippen LogP contribution < -0.4 is 5.32 Å². The van der Waals surface area contributed by atoms with Crippen molar-refractivity contribution in [2.45, 2.75) is 43.0 Å². The lowest BCUT2D eigenvalue weighted by atomic mass is 10.0. The molecule has 6 heteroatoms. The molecule has 2 aliphatic rings. The van der Waals surface area contributed by atoms with Gasteiger partial charge in [-0.1, -0.05) is 15.9 Å². The first-order valence-corrected chi connectivity index (χ1v) is 10.4. The van der Waals surface area contributed by atoms with Crippen LogP contribution in [0.15, 0.2) is 33.6 Å². The lowest BCUT2D eigenvalue weighted by Gasteiger charge is -2.32. The van der Waals surface area contributed by atoms with Gasteiger partial charge in [0.05, 0.1) is 0 Å². The molecule has 1 aliphatic carbocycles. The average Bonchev–Trinajstić information content (AvgIpc) is 3.39. The van der Waals surface area contributed by atoms with E-state index in [4.69, 9.17) is 0 Å². The molecule has 1 aromatic carbocycles. The van der Waals surface area contributed by atoms with E-state index in [2.05, 4.69) is 38.3 Å². The Labute approximate surface area is 163 Å². The van der Waals surface area contributed by atoms with Crippen molar-refractivity contribution in [3.8, 4) is 0 Å². The molecule has 0 unspecified atom stereocenters. The average molecular weight is 434 g/mol. The summed E-state index contributed by atoms with van der Waals surface area (Å²) in [6, 6.07) is 8.90. The van der Waals surface area contributed by atoms with Crippen molar-refractivity contribution >= 4 is 46.0 Å². The maximum atomic E-state index is 12.3. The first kappa shape index (κ1) is 20.1. The molecule has 2 fully saturated rings. The normalized spacial score (nSPS) is 18.3. The molecule has 134 valence electrons. The first-order chi connectivity index (χ1) is 11.2. The summed E-state index contributed by atoms with van der Waals surface area (Å²) in [5.41, 5.74) is 0. The second-order valence-corrected chi connectivity index (χ2v) is 8.64. The maximum Gasteiger partial charge on any atom is 0.223 e. The van der Waals surface area contributed by atoms with Crippen LogP contribution in [0.3, 0.4) is 0 Å². The molecule has 1 saturated carbocycles. The quantitative estimate of drug-likeness (QED) is 0.649. The van der Waals surface area contributed by atoms with Crippen molar-refractivity contribution in [2.24, 2.45) is 5.92 Å². The van der Waals surface area contributed by atoms with E-state index in [-0.39, 0.29) is 12.4 Å². The number of thioether (sulfide) groups is 1. The fourth-order valence-corrected chi connectivity index (χ4v) is 4.04. The third-order valence-electron chi connectivity index (χ3n) is 4.64. The zero-order valence-electron chi connectivity index (χ0n) is 13.9. The van der Waals surface area contributed by atoms with Crippen LogP contribution >= 0.6 is 40.1 Å². The number of likely N-dealkylation sites (tertiary alicyclic amines) is 1. The standard InChI is InChI=1S/C18H25BrN2OS.ClH/c19-15-3-5-17(6-4-15)23-12-9-18(22)21-10-7-16(8-11-21)20-13-14-1-2-14;/h3-6,14,16,20H,1-2,7-13H2;1H. The summed E-state index contributed by atoms with van der Waals surface area (Å²) in [6.45, 7) is 3.02.